The Morgan fingerprint density at radius 3 is 2.53 bits per heavy atom. The Bertz CT molecular complexity index is 376. The molecule has 0 saturated carbocycles. The van der Waals surface area contributed by atoms with Gasteiger partial charge in [0.1, 0.15) is 11.6 Å². The molecule has 7 heteroatoms. The van der Waals surface area contributed by atoms with Crippen LogP contribution < -0.4 is 11.1 Å². The third-order valence-electron chi connectivity index (χ3n) is 2.62. The van der Waals surface area contributed by atoms with Crippen LogP contribution >= 0.6 is 0 Å². The van der Waals surface area contributed by atoms with E-state index in [4.69, 9.17) is 10.5 Å². The molecule has 3 N–H and O–H groups in total. The molecule has 1 aliphatic heterocycles. The quantitative estimate of drug-likeness (QED) is 0.753. The number of nitrogens with zero attached hydrogens (tertiary/aromatic N) is 1. The van der Waals surface area contributed by atoms with Gasteiger partial charge in [-0.3, -0.25) is 14.5 Å². The van der Waals surface area contributed by atoms with E-state index in [1.165, 1.54) is 4.90 Å². The van der Waals surface area contributed by atoms with E-state index in [-0.39, 0.29) is 12.5 Å². The number of hydrogen-bond acceptors (Lipinski definition) is 4. The van der Waals surface area contributed by atoms with Gasteiger partial charge in [-0.25, -0.2) is 4.79 Å². The van der Waals surface area contributed by atoms with Gasteiger partial charge < -0.3 is 15.8 Å². The summed E-state index contributed by atoms with van der Waals surface area (Å²) in [4.78, 5) is 35.8. The number of nitrogens with two attached hydrogens (primary N) is 1. The average Bonchev–Trinajstić information content (AvgIpc) is 2.72. The second-order valence-electron chi connectivity index (χ2n) is 5.52. The zero-order valence-electron chi connectivity index (χ0n) is 11.6. The lowest BCUT2D eigenvalue weighted by atomic mass is 10.2. The minimum Gasteiger partial charge on any atom is -0.444 e. The van der Waals surface area contributed by atoms with E-state index in [2.05, 4.69) is 5.32 Å². The largest absolute Gasteiger partial charge is 0.444 e. The number of amides is 3. The number of nitrogens with one attached hydrogen (secondary N) is 1. The van der Waals surface area contributed by atoms with Crippen LogP contribution in [-0.2, 0) is 14.3 Å². The van der Waals surface area contributed by atoms with Crippen LogP contribution in [0.1, 0.15) is 33.6 Å². The van der Waals surface area contributed by atoms with Crippen molar-refractivity contribution >= 4 is 17.9 Å². The van der Waals surface area contributed by atoms with Gasteiger partial charge in [0.15, 0.2) is 0 Å². The van der Waals surface area contributed by atoms with E-state index in [0.717, 1.165) is 6.42 Å². The molecule has 1 fully saturated rings. The summed E-state index contributed by atoms with van der Waals surface area (Å²) in [6.07, 6.45) is 0.779. The first-order valence-electron chi connectivity index (χ1n) is 6.26. The molecular formula is C12H21N3O4. The maximum atomic E-state index is 11.9. The summed E-state index contributed by atoms with van der Waals surface area (Å²) in [7, 11) is 0. The normalized spacial score (nSPS) is 19.1. The smallest absolute Gasteiger partial charge is 0.410 e. The summed E-state index contributed by atoms with van der Waals surface area (Å²) in [6.45, 7) is 5.55. The van der Waals surface area contributed by atoms with Crippen molar-refractivity contribution in [3.8, 4) is 0 Å². The molecule has 1 heterocycles. The second-order valence-corrected chi connectivity index (χ2v) is 5.52. The topological polar surface area (TPSA) is 102 Å². The molecule has 1 saturated heterocycles. The molecule has 1 rings (SSSR count). The summed E-state index contributed by atoms with van der Waals surface area (Å²) in [5.74, 6) is -0.989. The van der Waals surface area contributed by atoms with Crippen LogP contribution in [-0.4, -0.2) is 47.5 Å². The minimum atomic E-state index is -0.616. The molecule has 19 heavy (non-hydrogen) atoms. The zero-order chi connectivity index (χ0) is 14.6. The molecule has 0 aromatic rings. The molecular weight excluding hydrogens is 250 g/mol. The predicted molar refractivity (Wildman–Crippen MR) is 68.2 cm³/mol. The van der Waals surface area contributed by atoms with E-state index in [9.17, 15) is 14.4 Å². The number of rotatable bonds is 3. The lowest BCUT2D eigenvalue weighted by molar-refractivity contribution is -0.128. The number of likely N-dealkylation sites (tertiary alicyclic amines) is 1. The van der Waals surface area contributed by atoms with Crippen LogP contribution in [0.15, 0.2) is 0 Å². The van der Waals surface area contributed by atoms with E-state index in [1.807, 2.05) is 0 Å². The van der Waals surface area contributed by atoms with Gasteiger partial charge in [0.25, 0.3) is 0 Å². The highest BCUT2D eigenvalue weighted by atomic mass is 16.6. The van der Waals surface area contributed by atoms with Gasteiger partial charge in [-0.1, -0.05) is 0 Å². The molecule has 0 aromatic carbocycles. The third-order valence-corrected chi connectivity index (χ3v) is 2.62. The summed E-state index contributed by atoms with van der Waals surface area (Å²) in [6, 6.07) is -0.589. The highest BCUT2D eigenvalue weighted by molar-refractivity contribution is 5.89. The molecule has 1 aliphatic rings. The van der Waals surface area contributed by atoms with Gasteiger partial charge in [0.05, 0.1) is 6.54 Å². The summed E-state index contributed by atoms with van der Waals surface area (Å²) in [5, 5.41) is 2.41. The van der Waals surface area contributed by atoms with E-state index >= 15 is 0 Å². The van der Waals surface area contributed by atoms with Gasteiger partial charge in [-0.15, -0.1) is 0 Å². The molecule has 7 nitrogen and oxygen atoms in total. The minimum absolute atomic E-state index is 0.225. The highest BCUT2D eigenvalue weighted by Gasteiger charge is 2.36. The molecule has 0 aliphatic carbocycles. The van der Waals surface area contributed by atoms with Crippen LogP contribution in [0.4, 0.5) is 4.79 Å². The number of carbonyl (C=O) groups is 3. The van der Waals surface area contributed by atoms with Gasteiger partial charge >= 0.3 is 6.09 Å². The summed E-state index contributed by atoms with van der Waals surface area (Å²) >= 11 is 0. The Kier molecular flexibility index (Phi) is 4.74. The van der Waals surface area contributed by atoms with Crippen molar-refractivity contribution in [1.82, 2.24) is 10.2 Å². The number of primary amides is 1. The molecule has 0 unspecified atom stereocenters. The van der Waals surface area contributed by atoms with Crippen LogP contribution in [0.25, 0.3) is 0 Å². The summed E-state index contributed by atoms with van der Waals surface area (Å²) < 4.78 is 5.24. The Hall–Kier alpha value is -1.79. The standard InChI is InChI=1S/C12H21N3O4/c1-12(2,3)19-11(18)15-6-4-5-8(15)10(17)14-7-9(13)16/h8H,4-7H2,1-3H3,(H2,13,16)(H,14,17)/t8-/m1/s1. The van der Waals surface area contributed by atoms with Crippen molar-refractivity contribution in [2.45, 2.75) is 45.3 Å². The van der Waals surface area contributed by atoms with Crippen LogP contribution in [0, 0.1) is 0 Å². The maximum absolute atomic E-state index is 11.9. The number of ether oxygens (including phenoxy) is 1. The lowest BCUT2D eigenvalue weighted by Crippen LogP contribution is -2.48. The zero-order valence-corrected chi connectivity index (χ0v) is 11.6. The Morgan fingerprint density at radius 2 is 2.00 bits per heavy atom. The molecule has 0 spiro atoms. The molecule has 1 atom stereocenters. The molecule has 108 valence electrons. The fourth-order valence-corrected chi connectivity index (χ4v) is 1.87. The molecule has 0 bridgehead atoms. The number of carbonyl (C=O) groups excluding carboxylic acids is 3. The van der Waals surface area contributed by atoms with Crippen molar-refractivity contribution in [3.63, 3.8) is 0 Å². The molecule has 3 amide bonds. The second kappa shape index (κ2) is 5.90. The highest BCUT2D eigenvalue weighted by Crippen LogP contribution is 2.20. The maximum Gasteiger partial charge on any atom is 0.410 e. The Labute approximate surface area is 112 Å². The predicted octanol–water partition coefficient (Wildman–Crippen LogP) is -0.0126. The summed E-state index contributed by atoms with van der Waals surface area (Å²) in [5.41, 5.74) is 4.35. The fraction of sp³-hybridized carbons (Fsp3) is 0.750. The van der Waals surface area contributed by atoms with E-state index in [0.29, 0.717) is 13.0 Å². The van der Waals surface area contributed by atoms with Crippen molar-refractivity contribution in [3.05, 3.63) is 0 Å². The van der Waals surface area contributed by atoms with E-state index < -0.39 is 23.6 Å². The van der Waals surface area contributed by atoms with Crippen molar-refractivity contribution in [1.29, 1.82) is 0 Å². The van der Waals surface area contributed by atoms with Crippen LogP contribution in [0.5, 0.6) is 0 Å². The average molecular weight is 271 g/mol. The first-order valence-corrected chi connectivity index (χ1v) is 6.26. The molecule has 0 radical (unpaired) electrons. The first kappa shape index (κ1) is 15.3. The monoisotopic (exact) mass is 271 g/mol. The van der Waals surface area contributed by atoms with E-state index in [1.54, 1.807) is 20.8 Å². The van der Waals surface area contributed by atoms with Crippen molar-refractivity contribution < 1.29 is 19.1 Å². The molecule has 0 aromatic heterocycles. The first-order chi connectivity index (χ1) is 8.70. The van der Waals surface area contributed by atoms with Crippen LogP contribution in [0.3, 0.4) is 0 Å². The SMILES string of the molecule is CC(C)(C)OC(=O)N1CCC[C@@H]1C(=O)NCC(N)=O. The number of hydrogen-bond donors (Lipinski definition) is 2. The third kappa shape index (κ3) is 4.76. The Balaban J connectivity index is 2.60. The van der Waals surface area contributed by atoms with Gasteiger partial charge in [0, 0.05) is 6.54 Å². The van der Waals surface area contributed by atoms with Crippen LogP contribution in [0.2, 0.25) is 0 Å². The van der Waals surface area contributed by atoms with Gasteiger partial charge in [-0.2, -0.15) is 0 Å². The van der Waals surface area contributed by atoms with Gasteiger partial charge in [-0.05, 0) is 33.6 Å². The fourth-order valence-electron chi connectivity index (χ4n) is 1.87. The lowest BCUT2D eigenvalue weighted by Gasteiger charge is -2.27. The Morgan fingerprint density at radius 1 is 1.37 bits per heavy atom. The van der Waals surface area contributed by atoms with Crippen molar-refractivity contribution in [2.24, 2.45) is 5.73 Å². The van der Waals surface area contributed by atoms with Crippen molar-refractivity contribution in [2.75, 3.05) is 13.1 Å². The van der Waals surface area contributed by atoms with Gasteiger partial charge in [0.2, 0.25) is 11.8 Å².